The van der Waals surface area contributed by atoms with Gasteiger partial charge in [0.2, 0.25) is 0 Å². The second-order valence-corrected chi connectivity index (χ2v) is 18.0. The molecule has 1 aliphatic heterocycles. The highest BCUT2D eigenvalue weighted by atomic mass is 28.3. The first kappa shape index (κ1) is 33.8. The molecule has 1 fully saturated rings. The summed E-state index contributed by atoms with van der Waals surface area (Å²) in [5.74, 6) is -1.29. The molecule has 1 N–H and O–H groups in total. The molecule has 0 saturated carbocycles. The molecule has 1 aromatic rings. The van der Waals surface area contributed by atoms with Crippen LogP contribution < -0.4 is 9.47 Å². The number of ether oxygens (including phenoxy) is 7. The van der Waals surface area contributed by atoms with Crippen molar-refractivity contribution in [2.24, 2.45) is 5.41 Å². The van der Waals surface area contributed by atoms with Crippen molar-refractivity contribution in [1.82, 2.24) is 0 Å². The zero-order valence-electron chi connectivity index (χ0n) is 25.5. The van der Waals surface area contributed by atoms with Crippen LogP contribution in [-0.2, 0) is 28.5 Å². The van der Waals surface area contributed by atoms with E-state index in [1.165, 1.54) is 20.3 Å². The molecule has 0 radical (unpaired) electrons. The van der Waals surface area contributed by atoms with Gasteiger partial charge in [-0.15, -0.1) is 0 Å². The smallest absolute Gasteiger partial charge is 0.342 e. The van der Waals surface area contributed by atoms with Crippen LogP contribution in [0.5, 0.6) is 11.5 Å². The lowest BCUT2D eigenvalue weighted by molar-refractivity contribution is -0.166. The third-order valence-corrected chi connectivity index (χ3v) is 7.69. The Morgan fingerprint density at radius 1 is 1.12 bits per heavy atom. The summed E-state index contributed by atoms with van der Waals surface area (Å²) in [7, 11) is 1.55. The normalized spacial score (nSPS) is 19.9. The minimum absolute atomic E-state index is 0.0854. The average Bonchev–Trinajstić information content (AvgIpc) is 3.16. The fourth-order valence-corrected chi connectivity index (χ4v) is 4.52. The van der Waals surface area contributed by atoms with E-state index >= 15 is 0 Å². The molecule has 1 heterocycles. The van der Waals surface area contributed by atoms with Gasteiger partial charge in [-0.2, -0.15) is 0 Å². The molecule has 1 aliphatic rings. The highest BCUT2D eigenvalue weighted by Crippen LogP contribution is 2.34. The number of hydrogen-bond acceptors (Lipinski definition) is 10. The Balaban J connectivity index is 2.35. The third-order valence-electron chi connectivity index (χ3n) is 5.99. The molecule has 40 heavy (non-hydrogen) atoms. The number of carbonyl (C=O) groups excluding carboxylic acids is 2. The van der Waals surface area contributed by atoms with Crippen molar-refractivity contribution in [3.8, 4) is 11.5 Å². The molecule has 0 amide bonds. The fraction of sp³-hybridized carbons (Fsp3) is 0.655. The summed E-state index contributed by atoms with van der Waals surface area (Å²) < 4.78 is 39.1. The predicted molar refractivity (Wildman–Crippen MR) is 153 cm³/mol. The summed E-state index contributed by atoms with van der Waals surface area (Å²) in [6, 6.07) is 4.04. The van der Waals surface area contributed by atoms with Crippen LogP contribution in [-0.4, -0.2) is 83.4 Å². The molecule has 0 aliphatic carbocycles. The van der Waals surface area contributed by atoms with Gasteiger partial charge in [-0.3, -0.25) is 4.79 Å². The Hall–Kier alpha value is -2.44. The summed E-state index contributed by atoms with van der Waals surface area (Å²) in [4.78, 5) is 25.5. The summed E-state index contributed by atoms with van der Waals surface area (Å²) in [6.07, 6.45) is 0.362. The molecule has 0 spiro atoms. The molecular formula is C29H46O10Si. The van der Waals surface area contributed by atoms with E-state index in [0.29, 0.717) is 11.3 Å². The first-order valence-electron chi connectivity index (χ1n) is 13.4. The minimum atomic E-state index is -1.43. The summed E-state index contributed by atoms with van der Waals surface area (Å²) in [5, 5.41) is 11.1. The maximum Gasteiger partial charge on any atom is 0.342 e. The van der Waals surface area contributed by atoms with Crippen LogP contribution in [0.25, 0.3) is 6.08 Å². The van der Waals surface area contributed by atoms with E-state index in [1.807, 2.05) is 0 Å². The summed E-state index contributed by atoms with van der Waals surface area (Å²) in [5.41, 5.74) is -0.0919. The third kappa shape index (κ3) is 10.2. The first-order chi connectivity index (χ1) is 18.5. The largest absolute Gasteiger partial charge is 0.497 e. The van der Waals surface area contributed by atoms with Gasteiger partial charge in [0.1, 0.15) is 42.0 Å². The molecule has 2 unspecified atom stereocenters. The maximum atomic E-state index is 13.2. The maximum absolute atomic E-state index is 13.2. The van der Waals surface area contributed by atoms with Crippen LogP contribution >= 0.6 is 0 Å². The lowest BCUT2D eigenvalue weighted by atomic mass is 9.97. The summed E-state index contributed by atoms with van der Waals surface area (Å²) in [6.45, 7) is 15.4. The zero-order chi connectivity index (χ0) is 30.3. The van der Waals surface area contributed by atoms with Crippen molar-refractivity contribution >= 4 is 26.1 Å². The summed E-state index contributed by atoms with van der Waals surface area (Å²) >= 11 is 0. The van der Waals surface area contributed by atoms with Crippen LogP contribution in [0.15, 0.2) is 18.2 Å². The van der Waals surface area contributed by atoms with Crippen molar-refractivity contribution in [3.63, 3.8) is 0 Å². The number of benzene rings is 1. The number of aliphatic hydroxyl groups is 1. The Kier molecular flexibility index (Phi) is 11.8. The van der Waals surface area contributed by atoms with E-state index in [9.17, 15) is 14.7 Å². The monoisotopic (exact) mass is 582 g/mol. The van der Waals surface area contributed by atoms with Crippen LogP contribution in [0.4, 0.5) is 0 Å². The van der Waals surface area contributed by atoms with E-state index in [-0.39, 0.29) is 37.3 Å². The standard InChI is InChI=1S/C29H46O10Si/c1-28(2,3)27(32)36-17-23-25(39-29(4,5)38-23)21(30)12-11-19-15-20(34-7)16-22(37-18-33-6)24(19)26(31)35-13-14-40(8,9)10/h11-12,15-16,21,23,25,30H,13-14,17-18H2,1-10H3/t21-,23?,25?/m0/s1. The van der Waals surface area contributed by atoms with E-state index < -0.39 is 43.6 Å². The van der Waals surface area contributed by atoms with Crippen molar-refractivity contribution in [1.29, 1.82) is 0 Å². The highest BCUT2D eigenvalue weighted by molar-refractivity contribution is 6.76. The molecular weight excluding hydrogens is 536 g/mol. The van der Waals surface area contributed by atoms with Gasteiger partial charge in [0.15, 0.2) is 12.6 Å². The molecule has 11 heteroatoms. The molecule has 2 rings (SSSR count). The SMILES string of the molecule is COCOc1cc(OC)cc(C=C[C@H](O)C2OC(C)(C)OC2COC(=O)C(C)(C)C)c1C(=O)OCC[Si](C)(C)C. The molecule has 1 aromatic carbocycles. The van der Waals surface area contributed by atoms with E-state index in [0.717, 1.165) is 6.04 Å². The van der Waals surface area contributed by atoms with Crippen LogP contribution in [0.3, 0.4) is 0 Å². The number of carbonyl (C=O) groups is 2. The van der Waals surface area contributed by atoms with Gasteiger partial charge in [-0.25, -0.2) is 4.79 Å². The average molecular weight is 583 g/mol. The number of aliphatic hydroxyl groups excluding tert-OH is 1. The van der Waals surface area contributed by atoms with Gasteiger partial charge in [-0.1, -0.05) is 31.8 Å². The predicted octanol–water partition coefficient (Wildman–Crippen LogP) is 4.66. The Labute approximate surface area is 238 Å². The second-order valence-electron chi connectivity index (χ2n) is 12.4. The fourth-order valence-electron chi connectivity index (χ4n) is 3.80. The molecule has 0 aromatic heterocycles. The molecule has 226 valence electrons. The number of esters is 2. The number of rotatable bonds is 13. The molecule has 0 bridgehead atoms. The van der Waals surface area contributed by atoms with Crippen molar-refractivity contribution in [2.75, 3.05) is 34.2 Å². The number of methoxy groups -OCH3 is 2. The lowest BCUT2D eigenvalue weighted by Crippen LogP contribution is -2.38. The molecule has 10 nitrogen and oxygen atoms in total. The quantitative estimate of drug-likeness (QED) is 0.200. The Bertz CT molecular complexity index is 1040. The van der Waals surface area contributed by atoms with Crippen molar-refractivity contribution in [2.45, 2.75) is 84.4 Å². The van der Waals surface area contributed by atoms with E-state index in [2.05, 4.69) is 19.6 Å². The molecule has 1 saturated heterocycles. The van der Waals surface area contributed by atoms with Gasteiger partial charge in [-0.05, 0) is 52.3 Å². The lowest BCUT2D eigenvalue weighted by Gasteiger charge is -2.22. The minimum Gasteiger partial charge on any atom is -0.497 e. The van der Waals surface area contributed by atoms with Gasteiger partial charge in [0.25, 0.3) is 0 Å². The van der Waals surface area contributed by atoms with Gasteiger partial charge < -0.3 is 38.3 Å². The Morgan fingerprint density at radius 3 is 2.38 bits per heavy atom. The van der Waals surface area contributed by atoms with Crippen LogP contribution in [0.2, 0.25) is 25.7 Å². The van der Waals surface area contributed by atoms with Crippen LogP contribution in [0.1, 0.15) is 50.5 Å². The van der Waals surface area contributed by atoms with Crippen LogP contribution in [0, 0.1) is 5.41 Å². The van der Waals surface area contributed by atoms with Crippen molar-refractivity contribution in [3.05, 3.63) is 29.3 Å². The second kappa shape index (κ2) is 14.0. The van der Waals surface area contributed by atoms with Gasteiger partial charge >= 0.3 is 11.9 Å². The van der Waals surface area contributed by atoms with E-state index in [4.69, 9.17) is 33.2 Å². The topological polar surface area (TPSA) is 119 Å². The van der Waals surface area contributed by atoms with Gasteiger partial charge in [0.05, 0.1) is 19.1 Å². The molecule has 3 atom stereocenters. The van der Waals surface area contributed by atoms with E-state index in [1.54, 1.807) is 52.8 Å². The zero-order valence-corrected chi connectivity index (χ0v) is 26.5. The van der Waals surface area contributed by atoms with Crippen molar-refractivity contribution < 1.29 is 47.9 Å². The Morgan fingerprint density at radius 2 is 1.80 bits per heavy atom. The van der Waals surface area contributed by atoms with Gasteiger partial charge in [0, 0.05) is 21.3 Å². The highest BCUT2D eigenvalue weighted by Gasteiger charge is 2.45. The number of hydrogen-bond donors (Lipinski definition) is 1. The first-order valence-corrected chi connectivity index (χ1v) is 17.1.